The van der Waals surface area contributed by atoms with Crippen molar-refractivity contribution in [2.75, 3.05) is 20.6 Å². The summed E-state index contributed by atoms with van der Waals surface area (Å²) in [5, 5.41) is 10.7. The van der Waals surface area contributed by atoms with Gasteiger partial charge in [0.15, 0.2) is 11.5 Å². The monoisotopic (exact) mass is 434 g/mol. The molecule has 0 radical (unpaired) electrons. The molecule has 1 amide bonds. The fourth-order valence-corrected chi connectivity index (χ4v) is 7.42. The Morgan fingerprint density at radius 1 is 1.31 bits per heavy atom. The third-order valence-electron chi connectivity index (χ3n) is 9.07. The van der Waals surface area contributed by atoms with Crippen LogP contribution in [0.15, 0.2) is 41.2 Å². The first-order chi connectivity index (χ1) is 15.4. The minimum atomic E-state index is -0.183. The summed E-state index contributed by atoms with van der Waals surface area (Å²) in [5.74, 6) is 0.837. The lowest BCUT2D eigenvalue weighted by atomic mass is 9.43. The molecule has 1 saturated heterocycles. The van der Waals surface area contributed by atoms with Crippen molar-refractivity contribution >= 4 is 12.0 Å². The largest absolute Gasteiger partial charge is 0.504 e. The molecule has 0 unspecified atom stereocenters. The molecule has 5 atom stereocenters. The number of carbonyl (C=O) groups excluding carboxylic acids is 1. The van der Waals surface area contributed by atoms with Gasteiger partial charge in [0, 0.05) is 35.7 Å². The maximum atomic E-state index is 13.1. The predicted octanol–water partition coefficient (Wildman–Crippen LogP) is 3.58. The fourth-order valence-electron chi connectivity index (χ4n) is 7.42. The number of likely N-dealkylation sites (N-methyl/N-ethyl adjacent to an activating group) is 2. The standard InChI is InChI=1S/C26H30N2O4/c1-25-10-8-18(28(3)21(30)7-4-16-9-13-31-15-16)24-26(25)11-12-27(2)20(25)14-17-5-6-19(29)23(32-24)22(17)26/h4-7,9,13,15,18,20,24,29H,8,10-12,14H2,1-3H3/b7-4+/t18-,20+,24-,25-,26-/m0/s1. The zero-order chi connectivity index (χ0) is 22.3. The maximum Gasteiger partial charge on any atom is 0.246 e. The highest BCUT2D eigenvalue weighted by molar-refractivity contribution is 5.91. The normalized spacial score (nSPS) is 34.9. The molecule has 3 heterocycles. The third-order valence-corrected chi connectivity index (χ3v) is 9.07. The number of phenolic OH excluding ortho intramolecular Hbond substituents is 1. The van der Waals surface area contributed by atoms with Gasteiger partial charge in [0.1, 0.15) is 6.10 Å². The van der Waals surface area contributed by atoms with Crippen molar-refractivity contribution in [1.29, 1.82) is 0 Å². The van der Waals surface area contributed by atoms with Crippen LogP contribution in [-0.4, -0.2) is 59.6 Å². The SMILES string of the molecule is CN1CC[C@]23c4c5ccc(O)c4O[C@H]2[C@@H](N(C)C(=O)/C=C/c2ccoc2)CC[C@@]3(C)[C@H]1C5. The predicted molar refractivity (Wildman–Crippen MR) is 121 cm³/mol. The van der Waals surface area contributed by atoms with E-state index in [1.165, 1.54) is 11.1 Å². The quantitative estimate of drug-likeness (QED) is 0.748. The minimum absolute atomic E-state index is 0.0412. The second-order valence-corrected chi connectivity index (χ2v) is 10.3. The first-order valence-electron chi connectivity index (χ1n) is 11.6. The highest BCUT2D eigenvalue weighted by Crippen LogP contribution is 2.69. The van der Waals surface area contributed by atoms with Crippen LogP contribution in [-0.2, 0) is 16.6 Å². The number of aromatic hydroxyl groups is 1. The number of likely N-dealkylation sites (tertiary alicyclic amines) is 1. The van der Waals surface area contributed by atoms with Gasteiger partial charge >= 0.3 is 0 Å². The van der Waals surface area contributed by atoms with Crippen LogP contribution in [0.1, 0.15) is 42.9 Å². The number of carbonyl (C=O) groups is 1. The van der Waals surface area contributed by atoms with E-state index < -0.39 is 0 Å². The van der Waals surface area contributed by atoms with E-state index in [0.717, 1.165) is 37.8 Å². The van der Waals surface area contributed by atoms with Crippen molar-refractivity contribution in [2.45, 2.75) is 56.2 Å². The fraction of sp³-hybridized carbons (Fsp3) is 0.500. The number of phenols is 1. The summed E-state index contributed by atoms with van der Waals surface area (Å²) >= 11 is 0. The number of amides is 1. The van der Waals surface area contributed by atoms with Gasteiger partial charge in [-0.1, -0.05) is 13.0 Å². The Balaban J connectivity index is 1.42. The van der Waals surface area contributed by atoms with E-state index in [9.17, 15) is 9.90 Å². The number of nitrogens with zero attached hydrogens (tertiary/aromatic N) is 2. The number of ether oxygens (including phenoxy) is 1. The molecule has 1 aromatic heterocycles. The van der Waals surface area contributed by atoms with Crippen LogP contribution in [0.3, 0.4) is 0 Å². The average Bonchev–Trinajstić information content (AvgIpc) is 3.41. The number of piperidine rings is 1. The van der Waals surface area contributed by atoms with E-state index in [-0.39, 0.29) is 34.6 Å². The number of furan rings is 1. The van der Waals surface area contributed by atoms with Crippen LogP contribution in [0, 0.1) is 5.41 Å². The molecule has 1 N–H and O–H groups in total. The lowest BCUT2D eigenvalue weighted by Crippen LogP contribution is -2.73. The van der Waals surface area contributed by atoms with Gasteiger partial charge in [0.2, 0.25) is 5.91 Å². The number of rotatable bonds is 3. The van der Waals surface area contributed by atoms with E-state index in [1.807, 2.05) is 18.0 Å². The molecule has 4 aliphatic rings. The lowest BCUT2D eigenvalue weighted by Gasteiger charge is -2.65. The van der Waals surface area contributed by atoms with E-state index in [2.05, 4.69) is 24.9 Å². The van der Waals surface area contributed by atoms with Gasteiger partial charge in [-0.25, -0.2) is 0 Å². The molecule has 32 heavy (non-hydrogen) atoms. The van der Waals surface area contributed by atoms with Crippen molar-refractivity contribution in [3.63, 3.8) is 0 Å². The number of hydrogen-bond donors (Lipinski definition) is 1. The molecular formula is C26H30N2O4. The smallest absolute Gasteiger partial charge is 0.246 e. The highest BCUT2D eigenvalue weighted by Gasteiger charge is 2.71. The Labute approximate surface area is 188 Å². The Hall–Kier alpha value is -2.73. The molecule has 1 spiro atoms. The summed E-state index contributed by atoms with van der Waals surface area (Å²) < 4.78 is 11.7. The maximum absolute atomic E-state index is 13.1. The Bertz CT molecular complexity index is 1110. The second kappa shape index (κ2) is 6.64. The Morgan fingerprint density at radius 2 is 2.16 bits per heavy atom. The third kappa shape index (κ3) is 2.36. The van der Waals surface area contributed by atoms with Crippen LogP contribution < -0.4 is 4.74 Å². The molecule has 6 heteroatoms. The van der Waals surface area contributed by atoms with Crippen LogP contribution in [0.4, 0.5) is 0 Å². The molecule has 2 aliphatic carbocycles. The summed E-state index contributed by atoms with van der Waals surface area (Å²) in [6, 6.07) is 6.08. The van der Waals surface area contributed by atoms with Crippen LogP contribution in [0.5, 0.6) is 11.5 Å². The van der Waals surface area contributed by atoms with Crippen molar-refractivity contribution in [3.05, 3.63) is 53.5 Å². The molecule has 2 bridgehead atoms. The minimum Gasteiger partial charge on any atom is -0.504 e. The van der Waals surface area contributed by atoms with Crippen LogP contribution in [0.25, 0.3) is 6.08 Å². The zero-order valence-electron chi connectivity index (χ0n) is 18.9. The van der Waals surface area contributed by atoms with Crippen molar-refractivity contribution in [2.24, 2.45) is 5.41 Å². The van der Waals surface area contributed by atoms with Crippen LogP contribution >= 0.6 is 0 Å². The summed E-state index contributed by atoms with van der Waals surface area (Å²) in [4.78, 5) is 17.5. The molecule has 2 aliphatic heterocycles. The molecule has 1 saturated carbocycles. The highest BCUT2D eigenvalue weighted by atomic mass is 16.5. The second-order valence-electron chi connectivity index (χ2n) is 10.3. The number of benzene rings is 1. The first kappa shape index (κ1) is 19.9. The van der Waals surface area contributed by atoms with E-state index >= 15 is 0 Å². The van der Waals surface area contributed by atoms with E-state index in [4.69, 9.17) is 9.15 Å². The zero-order valence-corrected chi connectivity index (χ0v) is 18.9. The van der Waals surface area contributed by atoms with Crippen molar-refractivity contribution in [3.8, 4) is 11.5 Å². The molecule has 1 aromatic carbocycles. The molecule has 6 rings (SSSR count). The Kier molecular flexibility index (Phi) is 4.13. The Morgan fingerprint density at radius 3 is 2.94 bits per heavy atom. The molecular weight excluding hydrogens is 404 g/mol. The first-order valence-corrected chi connectivity index (χ1v) is 11.6. The van der Waals surface area contributed by atoms with Crippen molar-refractivity contribution < 1.29 is 19.1 Å². The summed E-state index contributed by atoms with van der Waals surface area (Å²) in [5.41, 5.74) is 3.24. The van der Waals surface area contributed by atoms with E-state index in [0.29, 0.717) is 11.8 Å². The van der Waals surface area contributed by atoms with Gasteiger partial charge in [0.25, 0.3) is 0 Å². The van der Waals surface area contributed by atoms with Gasteiger partial charge < -0.3 is 24.1 Å². The average molecular weight is 435 g/mol. The molecule has 168 valence electrons. The van der Waals surface area contributed by atoms with E-state index in [1.54, 1.807) is 30.7 Å². The van der Waals surface area contributed by atoms with Gasteiger partial charge in [0.05, 0.1) is 18.6 Å². The number of hydrogen-bond acceptors (Lipinski definition) is 5. The lowest BCUT2D eigenvalue weighted by molar-refractivity contribution is -0.148. The molecule has 2 aromatic rings. The summed E-state index contributed by atoms with van der Waals surface area (Å²) in [7, 11) is 4.12. The van der Waals surface area contributed by atoms with Crippen LogP contribution in [0.2, 0.25) is 0 Å². The summed E-state index contributed by atoms with van der Waals surface area (Å²) in [6.45, 7) is 3.42. The molecule has 6 nitrogen and oxygen atoms in total. The van der Waals surface area contributed by atoms with Gasteiger partial charge in [-0.05, 0) is 68.5 Å². The molecule has 2 fully saturated rings. The van der Waals surface area contributed by atoms with Gasteiger partial charge in [-0.2, -0.15) is 0 Å². The summed E-state index contributed by atoms with van der Waals surface area (Å²) in [6.07, 6.45) is 10.3. The van der Waals surface area contributed by atoms with Crippen molar-refractivity contribution in [1.82, 2.24) is 9.80 Å². The van der Waals surface area contributed by atoms with Gasteiger partial charge in [-0.15, -0.1) is 0 Å². The van der Waals surface area contributed by atoms with Gasteiger partial charge in [-0.3, -0.25) is 4.79 Å². The topological polar surface area (TPSA) is 66.2 Å².